The maximum atomic E-state index is 12.9. The number of aliphatic hydroxyl groups excluding tert-OH is 1. The normalized spacial score (nSPS) is 27.8. The fraction of sp³-hybridized carbons (Fsp3) is 0.650. The molecule has 4 heteroatoms. The van der Waals surface area contributed by atoms with Gasteiger partial charge in [0.05, 0.1) is 6.61 Å². The van der Waals surface area contributed by atoms with Gasteiger partial charge in [-0.1, -0.05) is 18.6 Å². The van der Waals surface area contributed by atoms with Gasteiger partial charge in [0.15, 0.2) is 0 Å². The summed E-state index contributed by atoms with van der Waals surface area (Å²) in [5, 5.41) is 9.16. The van der Waals surface area contributed by atoms with Crippen LogP contribution in [0.15, 0.2) is 24.3 Å². The SMILES string of the molecule is O=C(c1ccc(CO)cc1)N1C[C@@H]2CC[C@H](C1)N(CC1CCC1)C2. The minimum atomic E-state index is 0.0262. The van der Waals surface area contributed by atoms with Gasteiger partial charge in [-0.3, -0.25) is 9.69 Å². The van der Waals surface area contributed by atoms with E-state index in [2.05, 4.69) is 9.80 Å². The van der Waals surface area contributed by atoms with Crippen molar-refractivity contribution in [3.8, 4) is 0 Å². The van der Waals surface area contributed by atoms with Gasteiger partial charge in [0.25, 0.3) is 5.91 Å². The Kier molecular flexibility index (Phi) is 4.59. The zero-order valence-electron chi connectivity index (χ0n) is 14.4. The average Bonchev–Trinajstić information content (AvgIpc) is 2.89. The van der Waals surface area contributed by atoms with Crippen molar-refractivity contribution in [1.29, 1.82) is 0 Å². The predicted octanol–water partition coefficient (Wildman–Crippen LogP) is 2.52. The van der Waals surface area contributed by atoms with E-state index >= 15 is 0 Å². The molecule has 0 radical (unpaired) electrons. The van der Waals surface area contributed by atoms with Gasteiger partial charge in [-0.15, -0.1) is 0 Å². The minimum Gasteiger partial charge on any atom is -0.392 e. The van der Waals surface area contributed by atoms with Crippen LogP contribution in [0.4, 0.5) is 0 Å². The molecule has 1 saturated carbocycles. The molecule has 3 heterocycles. The predicted molar refractivity (Wildman–Crippen MR) is 93.7 cm³/mol. The fourth-order valence-electron chi connectivity index (χ4n) is 4.51. The number of piperidine rings is 1. The van der Waals surface area contributed by atoms with E-state index in [9.17, 15) is 4.79 Å². The fourth-order valence-corrected chi connectivity index (χ4v) is 4.51. The molecule has 1 amide bonds. The third kappa shape index (κ3) is 3.22. The lowest BCUT2D eigenvalue weighted by atomic mass is 9.83. The molecule has 0 aromatic heterocycles. The number of benzene rings is 1. The highest BCUT2D eigenvalue weighted by Crippen LogP contribution is 2.33. The highest BCUT2D eigenvalue weighted by Gasteiger charge is 2.37. The molecule has 24 heavy (non-hydrogen) atoms. The van der Waals surface area contributed by atoms with Crippen molar-refractivity contribution in [1.82, 2.24) is 9.80 Å². The van der Waals surface area contributed by atoms with Crippen molar-refractivity contribution in [2.45, 2.75) is 44.8 Å². The molecular weight excluding hydrogens is 300 g/mol. The van der Waals surface area contributed by atoms with E-state index in [4.69, 9.17) is 5.11 Å². The second kappa shape index (κ2) is 6.85. The maximum absolute atomic E-state index is 12.9. The van der Waals surface area contributed by atoms with Gasteiger partial charge >= 0.3 is 0 Å². The summed E-state index contributed by atoms with van der Waals surface area (Å²) in [7, 11) is 0. The first-order valence-corrected chi connectivity index (χ1v) is 9.46. The van der Waals surface area contributed by atoms with Crippen LogP contribution < -0.4 is 0 Å². The van der Waals surface area contributed by atoms with Crippen LogP contribution in [0.1, 0.15) is 48.0 Å². The molecule has 1 aliphatic carbocycles. The van der Waals surface area contributed by atoms with Gasteiger partial charge in [-0.2, -0.15) is 0 Å². The first-order valence-electron chi connectivity index (χ1n) is 9.46. The molecule has 5 rings (SSSR count). The third-order valence-electron chi connectivity index (χ3n) is 6.22. The Balaban J connectivity index is 1.45. The summed E-state index contributed by atoms with van der Waals surface area (Å²) in [5.74, 6) is 1.69. The number of fused-ring (bicyclic) bond motifs is 4. The number of carbonyl (C=O) groups excluding carboxylic acids is 1. The Labute approximate surface area is 144 Å². The molecule has 4 aliphatic rings. The Morgan fingerprint density at radius 2 is 1.83 bits per heavy atom. The molecule has 3 saturated heterocycles. The van der Waals surface area contributed by atoms with E-state index in [1.54, 1.807) is 0 Å². The standard InChI is InChI=1S/C20H28N2O2/c23-14-16-4-7-18(8-5-16)20(24)22-12-17-6-9-19(13-22)21(11-17)10-15-2-1-3-15/h4-5,7-8,15,17,19,23H,1-3,6,9-14H2/t17-,19-/m1/s1. The quantitative estimate of drug-likeness (QED) is 0.924. The summed E-state index contributed by atoms with van der Waals surface area (Å²) in [5.41, 5.74) is 1.60. The molecular formula is C20H28N2O2. The highest BCUT2D eigenvalue weighted by atomic mass is 16.3. The first kappa shape index (κ1) is 16.1. The van der Waals surface area contributed by atoms with Crippen LogP contribution in [-0.2, 0) is 6.61 Å². The topological polar surface area (TPSA) is 43.8 Å². The number of aliphatic hydroxyl groups is 1. The van der Waals surface area contributed by atoms with Crippen molar-refractivity contribution < 1.29 is 9.90 Å². The van der Waals surface area contributed by atoms with E-state index in [-0.39, 0.29) is 12.5 Å². The largest absolute Gasteiger partial charge is 0.392 e. The third-order valence-corrected chi connectivity index (χ3v) is 6.22. The summed E-state index contributed by atoms with van der Waals surface area (Å²) in [4.78, 5) is 17.7. The van der Waals surface area contributed by atoms with Crippen molar-refractivity contribution >= 4 is 5.91 Å². The van der Waals surface area contributed by atoms with Gasteiger partial charge in [-0.25, -0.2) is 0 Å². The number of rotatable bonds is 4. The summed E-state index contributed by atoms with van der Waals surface area (Å²) in [6.07, 6.45) is 6.70. The van der Waals surface area contributed by atoms with Crippen LogP contribution in [-0.4, -0.2) is 53.0 Å². The van der Waals surface area contributed by atoms with Gasteiger partial charge < -0.3 is 10.0 Å². The second-order valence-electron chi connectivity index (χ2n) is 7.91. The molecule has 2 atom stereocenters. The summed E-state index contributed by atoms with van der Waals surface area (Å²) >= 11 is 0. The Hall–Kier alpha value is -1.39. The van der Waals surface area contributed by atoms with Gasteiger partial charge in [0.1, 0.15) is 0 Å². The van der Waals surface area contributed by atoms with Crippen molar-refractivity contribution in [3.05, 3.63) is 35.4 Å². The molecule has 4 fully saturated rings. The molecule has 2 bridgehead atoms. The average molecular weight is 328 g/mol. The van der Waals surface area contributed by atoms with Gasteiger partial charge in [0.2, 0.25) is 0 Å². The van der Waals surface area contributed by atoms with E-state index < -0.39 is 0 Å². The Morgan fingerprint density at radius 1 is 1.04 bits per heavy atom. The van der Waals surface area contributed by atoms with E-state index in [0.717, 1.165) is 30.1 Å². The molecule has 1 N–H and O–H groups in total. The highest BCUT2D eigenvalue weighted by molar-refractivity contribution is 5.94. The zero-order chi connectivity index (χ0) is 16.5. The lowest BCUT2D eigenvalue weighted by Gasteiger charge is -2.40. The molecule has 3 aliphatic heterocycles. The van der Waals surface area contributed by atoms with Crippen LogP contribution in [0.5, 0.6) is 0 Å². The molecule has 1 aromatic rings. The van der Waals surface area contributed by atoms with Gasteiger partial charge in [-0.05, 0) is 55.2 Å². The molecule has 0 unspecified atom stereocenters. The smallest absolute Gasteiger partial charge is 0.253 e. The summed E-state index contributed by atoms with van der Waals surface area (Å²) < 4.78 is 0. The van der Waals surface area contributed by atoms with Crippen molar-refractivity contribution in [2.24, 2.45) is 11.8 Å². The van der Waals surface area contributed by atoms with E-state index in [1.165, 1.54) is 45.2 Å². The van der Waals surface area contributed by atoms with Crippen LogP contribution in [0.3, 0.4) is 0 Å². The van der Waals surface area contributed by atoms with Crippen LogP contribution in [0, 0.1) is 11.8 Å². The Morgan fingerprint density at radius 3 is 2.50 bits per heavy atom. The number of hydrogen-bond donors (Lipinski definition) is 1. The lowest BCUT2D eigenvalue weighted by molar-refractivity contribution is 0.0717. The molecule has 4 nitrogen and oxygen atoms in total. The van der Waals surface area contributed by atoms with Crippen molar-refractivity contribution in [2.75, 3.05) is 26.2 Å². The number of carbonyl (C=O) groups is 1. The monoisotopic (exact) mass is 328 g/mol. The second-order valence-corrected chi connectivity index (χ2v) is 7.91. The maximum Gasteiger partial charge on any atom is 0.253 e. The number of nitrogens with zero attached hydrogens (tertiary/aromatic N) is 2. The van der Waals surface area contributed by atoms with Crippen LogP contribution in [0.25, 0.3) is 0 Å². The summed E-state index contributed by atoms with van der Waals surface area (Å²) in [6, 6.07) is 7.95. The van der Waals surface area contributed by atoms with E-state index in [1.807, 2.05) is 24.3 Å². The van der Waals surface area contributed by atoms with Crippen LogP contribution in [0.2, 0.25) is 0 Å². The van der Waals surface area contributed by atoms with Crippen molar-refractivity contribution in [3.63, 3.8) is 0 Å². The summed E-state index contributed by atoms with van der Waals surface area (Å²) in [6.45, 7) is 4.23. The molecule has 130 valence electrons. The van der Waals surface area contributed by atoms with E-state index in [0.29, 0.717) is 12.0 Å². The number of amides is 1. The molecule has 0 spiro atoms. The van der Waals surface area contributed by atoms with Crippen LogP contribution >= 0.6 is 0 Å². The lowest BCUT2D eigenvalue weighted by Crippen LogP contribution is -2.47. The first-order chi connectivity index (χ1) is 11.7. The minimum absolute atomic E-state index is 0.0262. The zero-order valence-corrected chi connectivity index (χ0v) is 14.4. The molecule has 1 aromatic carbocycles. The Bertz CT molecular complexity index is 582. The number of hydrogen-bond acceptors (Lipinski definition) is 3. The van der Waals surface area contributed by atoms with Gasteiger partial charge in [0, 0.05) is 37.8 Å².